The molecule has 1 heterocycles. The van der Waals surface area contributed by atoms with Crippen molar-refractivity contribution >= 4 is 0 Å². The molecule has 1 atom stereocenters. The molecule has 0 radical (unpaired) electrons. The van der Waals surface area contributed by atoms with E-state index in [1.165, 1.54) is 6.33 Å². The van der Waals surface area contributed by atoms with Crippen LogP contribution in [0, 0.1) is 5.92 Å². The first kappa shape index (κ1) is 9.09. The quantitative estimate of drug-likeness (QED) is 0.511. The Hall–Kier alpha value is -1.00. The number of nitrogens with zero attached hydrogens (tertiary/aromatic N) is 2. The number of hydrazine groups is 1. The molecule has 1 aromatic heterocycles. The van der Waals surface area contributed by atoms with Gasteiger partial charge in [-0.3, -0.25) is 11.3 Å². The van der Waals surface area contributed by atoms with Crippen LogP contribution in [0.2, 0.25) is 0 Å². The van der Waals surface area contributed by atoms with Crippen LogP contribution in [-0.4, -0.2) is 9.97 Å². The van der Waals surface area contributed by atoms with Crippen LogP contribution in [0.5, 0.6) is 0 Å². The van der Waals surface area contributed by atoms with Crippen molar-refractivity contribution in [1.82, 2.24) is 15.4 Å². The second-order valence-electron chi connectivity index (χ2n) is 3.02. The lowest BCUT2D eigenvalue weighted by atomic mass is 10.0. The topological polar surface area (TPSA) is 63.8 Å². The van der Waals surface area contributed by atoms with Crippen molar-refractivity contribution in [2.75, 3.05) is 0 Å². The molecule has 12 heavy (non-hydrogen) atoms. The van der Waals surface area contributed by atoms with E-state index >= 15 is 0 Å². The number of nitrogens with two attached hydrogens (primary N) is 1. The van der Waals surface area contributed by atoms with Crippen molar-refractivity contribution in [2.45, 2.75) is 19.9 Å². The predicted octanol–water partition coefficient (Wildman–Crippen LogP) is 0.637. The van der Waals surface area contributed by atoms with E-state index in [-0.39, 0.29) is 6.04 Å². The smallest absolute Gasteiger partial charge is 0.115 e. The Labute approximate surface area is 72.2 Å². The fraction of sp³-hybridized carbons (Fsp3) is 0.500. The summed E-state index contributed by atoms with van der Waals surface area (Å²) in [6, 6.07) is 1.97. The number of hydrogen-bond acceptors (Lipinski definition) is 4. The second-order valence-corrected chi connectivity index (χ2v) is 3.02. The Balaban J connectivity index is 2.80. The number of nitrogens with one attached hydrogen (secondary N) is 1. The minimum Gasteiger partial charge on any atom is -0.271 e. The summed E-state index contributed by atoms with van der Waals surface area (Å²) < 4.78 is 0. The van der Waals surface area contributed by atoms with Crippen molar-refractivity contribution in [3.8, 4) is 0 Å². The molecule has 0 bridgehead atoms. The summed E-state index contributed by atoms with van der Waals surface area (Å²) in [6.07, 6.45) is 3.25. The third kappa shape index (κ3) is 1.99. The first-order valence-corrected chi connectivity index (χ1v) is 3.97. The van der Waals surface area contributed by atoms with Crippen LogP contribution in [0.15, 0.2) is 18.6 Å². The van der Waals surface area contributed by atoms with Crippen molar-refractivity contribution in [2.24, 2.45) is 11.8 Å². The van der Waals surface area contributed by atoms with Crippen LogP contribution < -0.4 is 11.3 Å². The van der Waals surface area contributed by atoms with Crippen LogP contribution >= 0.6 is 0 Å². The van der Waals surface area contributed by atoms with Crippen LogP contribution in [0.25, 0.3) is 0 Å². The van der Waals surface area contributed by atoms with Crippen LogP contribution in [0.4, 0.5) is 0 Å². The highest BCUT2D eigenvalue weighted by Gasteiger charge is 2.14. The van der Waals surface area contributed by atoms with E-state index in [0.29, 0.717) is 5.92 Å². The molecule has 0 aliphatic rings. The number of rotatable bonds is 3. The summed E-state index contributed by atoms with van der Waals surface area (Å²) in [4.78, 5) is 7.96. The zero-order valence-corrected chi connectivity index (χ0v) is 7.36. The van der Waals surface area contributed by atoms with Gasteiger partial charge in [0.1, 0.15) is 6.33 Å². The Morgan fingerprint density at radius 2 is 2.25 bits per heavy atom. The standard InChI is InChI=1S/C8H14N4/c1-6(2)8(12-9)7-3-4-10-5-11-7/h3-6,8,12H,9H2,1-2H3. The minimum atomic E-state index is 0.105. The Morgan fingerprint density at radius 1 is 1.50 bits per heavy atom. The lowest BCUT2D eigenvalue weighted by Crippen LogP contribution is -2.32. The summed E-state index contributed by atoms with van der Waals surface area (Å²) in [5, 5.41) is 0. The monoisotopic (exact) mass is 166 g/mol. The molecule has 3 N–H and O–H groups in total. The molecule has 1 unspecified atom stereocenters. The summed E-state index contributed by atoms with van der Waals surface area (Å²) in [5.74, 6) is 5.82. The molecule has 0 fully saturated rings. The van der Waals surface area contributed by atoms with Gasteiger partial charge in [0, 0.05) is 6.20 Å². The Bertz CT molecular complexity index is 222. The lowest BCUT2D eigenvalue weighted by Gasteiger charge is -2.18. The van der Waals surface area contributed by atoms with Gasteiger partial charge in [0.25, 0.3) is 0 Å². The summed E-state index contributed by atoms with van der Waals surface area (Å²) in [5.41, 5.74) is 3.66. The zero-order valence-electron chi connectivity index (χ0n) is 7.36. The average Bonchev–Trinajstić information content (AvgIpc) is 2.07. The van der Waals surface area contributed by atoms with Crippen molar-refractivity contribution < 1.29 is 0 Å². The number of hydrogen-bond donors (Lipinski definition) is 2. The molecule has 4 heteroatoms. The SMILES string of the molecule is CC(C)C(NN)c1ccncn1. The average molecular weight is 166 g/mol. The lowest BCUT2D eigenvalue weighted by molar-refractivity contribution is 0.411. The largest absolute Gasteiger partial charge is 0.271 e. The Kier molecular flexibility index (Phi) is 3.13. The van der Waals surface area contributed by atoms with Crippen LogP contribution in [-0.2, 0) is 0 Å². The molecule has 0 aliphatic carbocycles. The highest BCUT2D eigenvalue weighted by Crippen LogP contribution is 2.16. The molecule has 1 aromatic rings. The maximum atomic E-state index is 5.40. The molecule has 0 saturated heterocycles. The summed E-state index contributed by atoms with van der Waals surface area (Å²) >= 11 is 0. The maximum absolute atomic E-state index is 5.40. The third-order valence-corrected chi connectivity index (χ3v) is 1.77. The van der Waals surface area contributed by atoms with Gasteiger partial charge in [-0.1, -0.05) is 13.8 Å². The van der Waals surface area contributed by atoms with Crippen LogP contribution in [0.1, 0.15) is 25.6 Å². The minimum absolute atomic E-state index is 0.105. The van der Waals surface area contributed by atoms with Crippen molar-refractivity contribution in [1.29, 1.82) is 0 Å². The first-order chi connectivity index (χ1) is 5.75. The van der Waals surface area contributed by atoms with Gasteiger partial charge in [0.05, 0.1) is 11.7 Å². The molecule has 66 valence electrons. The molecular formula is C8H14N4. The van der Waals surface area contributed by atoms with Gasteiger partial charge in [-0.05, 0) is 12.0 Å². The van der Waals surface area contributed by atoms with E-state index in [2.05, 4.69) is 29.2 Å². The predicted molar refractivity (Wildman–Crippen MR) is 46.9 cm³/mol. The molecule has 0 aromatic carbocycles. The third-order valence-electron chi connectivity index (χ3n) is 1.77. The van der Waals surface area contributed by atoms with Gasteiger partial charge < -0.3 is 0 Å². The summed E-state index contributed by atoms with van der Waals surface area (Å²) in [7, 11) is 0. The molecule has 0 aliphatic heterocycles. The Morgan fingerprint density at radius 3 is 2.67 bits per heavy atom. The van der Waals surface area contributed by atoms with Gasteiger partial charge in [0.2, 0.25) is 0 Å². The van der Waals surface area contributed by atoms with Gasteiger partial charge in [-0.2, -0.15) is 0 Å². The zero-order chi connectivity index (χ0) is 8.97. The van der Waals surface area contributed by atoms with Crippen molar-refractivity contribution in [3.63, 3.8) is 0 Å². The highest BCUT2D eigenvalue weighted by molar-refractivity contribution is 5.04. The molecule has 1 rings (SSSR count). The molecule has 0 amide bonds. The normalized spacial score (nSPS) is 13.3. The molecular weight excluding hydrogens is 152 g/mol. The van der Waals surface area contributed by atoms with E-state index in [9.17, 15) is 0 Å². The van der Waals surface area contributed by atoms with Gasteiger partial charge in [-0.25, -0.2) is 9.97 Å². The highest BCUT2D eigenvalue weighted by atomic mass is 15.2. The van der Waals surface area contributed by atoms with Gasteiger partial charge in [0.15, 0.2) is 0 Å². The van der Waals surface area contributed by atoms with Gasteiger partial charge >= 0.3 is 0 Å². The first-order valence-electron chi connectivity index (χ1n) is 3.97. The molecule has 0 spiro atoms. The fourth-order valence-corrected chi connectivity index (χ4v) is 1.10. The van der Waals surface area contributed by atoms with E-state index in [1.807, 2.05) is 6.07 Å². The van der Waals surface area contributed by atoms with Crippen LogP contribution in [0.3, 0.4) is 0 Å². The van der Waals surface area contributed by atoms with Gasteiger partial charge in [-0.15, -0.1) is 0 Å². The van der Waals surface area contributed by atoms with E-state index in [1.54, 1.807) is 6.20 Å². The fourth-order valence-electron chi connectivity index (χ4n) is 1.10. The van der Waals surface area contributed by atoms with Crippen molar-refractivity contribution in [3.05, 3.63) is 24.3 Å². The van der Waals surface area contributed by atoms with E-state index < -0.39 is 0 Å². The van der Waals surface area contributed by atoms with E-state index in [4.69, 9.17) is 5.84 Å². The maximum Gasteiger partial charge on any atom is 0.115 e. The number of aromatic nitrogens is 2. The van der Waals surface area contributed by atoms with E-state index in [0.717, 1.165) is 5.69 Å². The second kappa shape index (κ2) is 4.13. The summed E-state index contributed by atoms with van der Waals surface area (Å²) in [6.45, 7) is 4.18. The molecule has 4 nitrogen and oxygen atoms in total. The molecule has 0 saturated carbocycles.